The Labute approximate surface area is 87.5 Å². The second-order valence-electron chi connectivity index (χ2n) is 2.99. The SMILES string of the molecule is [B]c1c(CBr)ccc2ccccc12. The van der Waals surface area contributed by atoms with Gasteiger partial charge in [0.05, 0.1) is 0 Å². The zero-order chi connectivity index (χ0) is 9.26. The van der Waals surface area contributed by atoms with Crippen LogP contribution in [0.4, 0.5) is 0 Å². The Kier molecular flexibility index (Phi) is 2.41. The van der Waals surface area contributed by atoms with Crippen LogP contribution in [0.5, 0.6) is 0 Å². The van der Waals surface area contributed by atoms with Crippen molar-refractivity contribution < 1.29 is 0 Å². The third-order valence-electron chi connectivity index (χ3n) is 2.20. The molecule has 0 bridgehead atoms. The zero-order valence-electron chi connectivity index (χ0n) is 7.13. The Hall–Kier alpha value is -0.755. The average molecular weight is 231 g/mol. The standard InChI is InChI=1S/C11H8BBr/c12-11-9(7-13)6-5-8-3-1-2-4-10(8)11/h1-6H,7H2. The van der Waals surface area contributed by atoms with Crippen molar-refractivity contribution in [2.45, 2.75) is 5.33 Å². The average Bonchev–Trinajstić information content (AvgIpc) is 2.19. The maximum Gasteiger partial charge on any atom is 0.115 e. The molecular weight excluding hydrogens is 223 g/mol. The molecule has 2 rings (SSSR count). The fourth-order valence-electron chi connectivity index (χ4n) is 1.46. The molecule has 0 heterocycles. The summed E-state index contributed by atoms with van der Waals surface area (Å²) >= 11 is 3.41. The zero-order valence-corrected chi connectivity index (χ0v) is 8.71. The van der Waals surface area contributed by atoms with E-state index >= 15 is 0 Å². The molecular formula is C11H8BBr. The lowest BCUT2D eigenvalue weighted by Gasteiger charge is -2.06. The number of halogens is 1. The first-order valence-corrected chi connectivity index (χ1v) is 5.27. The molecule has 0 nitrogen and oxygen atoms in total. The van der Waals surface area contributed by atoms with Crippen LogP contribution < -0.4 is 5.46 Å². The van der Waals surface area contributed by atoms with Gasteiger partial charge in [-0.25, -0.2) is 0 Å². The highest BCUT2D eigenvalue weighted by Crippen LogP contribution is 2.14. The summed E-state index contributed by atoms with van der Waals surface area (Å²) in [4.78, 5) is 0. The van der Waals surface area contributed by atoms with Gasteiger partial charge in [-0.15, -0.1) is 0 Å². The second kappa shape index (κ2) is 3.55. The van der Waals surface area contributed by atoms with Crippen molar-refractivity contribution in [2.24, 2.45) is 0 Å². The van der Waals surface area contributed by atoms with E-state index in [1.54, 1.807) is 0 Å². The topological polar surface area (TPSA) is 0 Å². The lowest BCUT2D eigenvalue weighted by molar-refractivity contribution is 1.50. The smallest absolute Gasteiger partial charge is 0.0877 e. The molecule has 0 aliphatic heterocycles. The number of alkyl halides is 1. The Bertz CT molecular complexity index is 437. The van der Waals surface area contributed by atoms with Gasteiger partial charge < -0.3 is 0 Å². The van der Waals surface area contributed by atoms with Crippen LogP contribution in [-0.4, -0.2) is 7.85 Å². The number of hydrogen-bond acceptors (Lipinski definition) is 0. The number of hydrogen-bond donors (Lipinski definition) is 0. The summed E-state index contributed by atoms with van der Waals surface area (Å²) < 4.78 is 0. The molecule has 62 valence electrons. The quantitative estimate of drug-likeness (QED) is 0.522. The van der Waals surface area contributed by atoms with Gasteiger partial charge in [0, 0.05) is 5.33 Å². The molecule has 0 aliphatic rings. The highest BCUT2D eigenvalue weighted by atomic mass is 79.9. The summed E-state index contributed by atoms with van der Waals surface area (Å²) in [6.45, 7) is 0. The van der Waals surface area contributed by atoms with E-state index in [1.807, 2.05) is 12.1 Å². The minimum absolute atomic E-state index is 0.809. The van der Waals surface area contributed by atoms with Gasteiger partial charge in [0.2, 0.25) is 0 Å². The van der Waals surface area contributed by atoms with Crippen molar-refractivity contribution in [1.82, 2.24) is 0 Å². The normalized spacial score (nSPS) is 10.5. The van der Waals surface area contributed by atoms with E-state index in [0.717, 1.165) is 21.7 Å². The first-order chi connectivity index (χ1) is 6.33. The van der Waals surface area contributed by atoms with Gasteiger partial charge in [-0.3, -0.25) is 0 Å². The predicted octanol–water partition coefficient (Wildman–Crippen LogP) is 2.53. The minimum atomic E-state index is 0.809. The highest BCUT2D eigenvalue weighted by Gasteiger charge is 2.00. The van der Waals surface area contributed by atoms with Crippen LogP contribution in [-0.2, 0) is 5.33 Å². The number of fused-ring (bicyclic) bond motifs is 1. The molecule has 0 saturated heterocycles. The van der Waals surface area contributed by atoms with Gasteiger partial charge in [-0.05, 0) is 16.3 Å². The molecule has 0 unspecified atom stereocenters. The number of rotatable bonds is 1. The first-order valence-electron chi connectivity index (χ1n) is 4.15. The van der Waals surface area contributed by atoms with Gasteiger partial charge in [0.15, 0.2) is 0 Å². The summed E-state index contributed by atoms with van der Waals surface area (Å²) in [5.41, 5.74) is 2.04. The van der Waals surface area contributed by atoms with Gasteiger partial charge >= 0.3 is 0 Å². The molecule has 2 radical (unpaired) electrons. The van der Waals surface area contributed by atoms with E-state index in [2.05, 4.69) is 40.2 Å². The lowest BCUT2D eigenvalue weighted by Crippen LogP contribution is -2.09. The van der Waals surface area contributed by atoms with Crippen LogP contribution >= 0.6 is 15.9 Å². The summed E-state index contributed by atoms with van der Waals surface area (Å²) in [5, 5.41) is 3.15. The molecule has 13 heavy (non-hydrogen) atoms. The fraction of sp³-hybridized carbons (Fsp3) is 0.0909. The summed E-state index contributed by atoms with van der Waals surface area (Å²) in [5.74, 6) is 0. The summed E-state index contributed by atoms with van der Waals surface area (Å²) in [7, 11) is 6.00. The first kappa shape index (κ1) is 8.83. The Balaban J connectivity index is 2.79. The van der Waals surface area contributed by atoms with Crippen molar-refractivity contribution in [3.8, 4) is 0 Å². The largest absolute Gasteiger partial charge is 0.115 e. The Morgan fingerprint density at radius 2 is 1.85 bits per heavy atom. The predicted molar refractivity (Wildman–Crippen MR) is 62.0 cm³/mol. The van der Waals surface area contributed by atoms with Crippen molar-refractivity contribution >= 4 is 40.0 Å². The van der Waals surface area contributed by atoms with Gasteiger partial charge in [0.25, 0.3) is 0 Å². The molecule has 0 fully saturated rings. The van der Waals surface area contributed by atoms with Crippen LogP contribution in [0.15, 0.2) is 36.4 Å². The van der Waals surface area contributed by atoms with E-state index in [1.165, 1.54) is 5.39 Å². The van der Waals surface area contributed by atoms with Crippen LogP contribution in [0.2, 0.25) is 0 Å². The maximum atomic E-state index is 6.00. The molecule has 2 aromatic carbocycles. The second-order valence-corrected chi connectivity index (χ2v) is 3.55. The molecule has 0 N–H and O–H groups in total. The summed E-state index contributed by atoms with van der Waals surface area (Å²) in [6, 6.07) is 12.3. The molecule has 0 spiro atoms. The monoisotopic (exact) mass is 230 g/mol. The summed E-state index contributed by atoms with van der Waals surface area (Å²) in [6.07, 6.45) is 0. The van der Waals surface area contributed by atoms with Gasteiger partial charge in [-0.2, -0.15) is 0 Å². The molecule has 2 aromatic rings. The van der Waals surface area contributed by atoms with E-state index in [0.29, 0.717) is 0 Å². The van der Waals surface area contributed by atoms with E-state index in [9.17, 15) is 0 Å². The van der Waals surface area contributed by atoms with Crippen LogP contribution in [0.25, 0.3) is 10.8 Å². The van der Waals surface area contributed by atoms with Crippen LogP contribution in [0.3, 0.4) is 0 Å². The number of benzene rings is 2. The highest BCUT2D eigenvalue weighted by molar-refractivity contribution is 9.08. The van der Waals surface area contributed by atoms with E-state index in [4.69, 9.17) is 7.85 Å². The fourth-order valence-corrected chi connectivity index (χ4v) is 1.95. The third kappa shape index (κ3) is 1.51. The molecule has 0 atom stereocenters. The van der Waals surface area contributed by atoms with Crippen molar-refractivity contribution in [3.05, 3.63) is 42.0 Å². The molecule has 0 aromatic heterocycles. The Morgan fingerprint density at radius 3 is 2.62 bits per heavy atom. The Morgan fingerprint density at radius 1 is 1.08 bits per heavy atom. The van der Waals surface area contributed by atoms with Gasteiger partial charge in [-0.1, -0.05) is 57.8 Å². The van der Waals surface area contributed by atoms with Crippen LogP contribution in [0.1, 0.15) is 5.56 Å². The molecule has 0 saturated carbocycles. The lowest BCUT2D eigenvalue weighted by atomic mass is 9.86. The minimum Gasteiger partial charge on any atom is -0.0877 e. The molecule has 0 aliphatic carbocycles. The maximum absolute atomic E-state index is 6.00. The molecule has 2 heteroatoms. The van der Waals surface area contributed by atoms with E-state index in [-0.39, 0.29) is 0 Å². The van der Waals surface area contributed by atoms with E-state index < -0.39 is 0 Å². The van der Waals surface area contributed by atoms with Crippen molar-refractivity contribution in [2.75, 3.05) is 0 Å². The van der Waals surface area contributed by atoms with Gasteiger partial charge in [0.1, 0.15) is 7.85 Å². The third-order valence-corrected chi connectivity index (χ3v) is 2.81. The van der Waals surface area contributed by atoms with Crippen molar-refractivity contribution in [1.29, 1.82) is 0 Å². The van der Waals surface area contributed by atoms with Crippen molar-refractivity contribution in [3.63, 3.8) is 0 Å². The van der Waals surface area contributed by atoms with Crippen LogP contribution in [0, 0.1) is 0 Å². The molecule has 0 amide bonds.